The summed E-state index contributed by atoms with van der Waals surface area (Å²) in [7, 11) is 2.07. The molecule has 2 aromatic rings. The predicted octanol–water partition coefficient (Wildman–Crippen LogP) is 2.81. The van der Waals surface area contributed by atoms with E-state index in [1.807, 2.05) is 25.1 Å². The Morgan fingerprint density at radius 1 is 1.35 bits per heavy atom. The summed E-state index contributed by atoms with van der Waals surface area (Å²) in [5, 5.41) is 0. The summed E-state index contributed by atoms with van der Waals surface area (Å²) in [6.07, 6.45) is 3.46. The van der Waals surface area contributed by atoms with E-state index in [4.69, 9.17) is 14.9 Å². The molecular weight excluding hydrogens is 252 g/mol. The van der Waals surface area contributed by atoms with Gasteiger partial charge in [0, 0.05) is 24.7 Å². The zero-order valence-corrected chi connectivity index (χ0v) is 12.1. The molecule has 20 heavy (non-hydrogen) atoms. The van der Waals surface area contributed by atoms with Crippen molar-refractivity contribution in [3.8, 4) is 5.75 Å². The standard InChI is InChI=1S/C16H22N2O2/c1-3-20-15-6-4-5-14(9-15)16(10-17)18(2)11-13-7-8-19-12-13/h4-9,12,16H,3,10-11,17H2,1-2H3. The Morgan fingerprint density at radius 2 is 2.20 bits per heavy atom. The molecule has 0 amide bonds. The topological polar surface area (TPSA) is 51.6 Å². The molecule has 1 heterocycles. The van der Waals surface area contributed by atoms with E-state index in [1.54, 1.807) is 12.5 Å². The van der Waals surface area contributed by atoms with E-state index in [2.05, 4.69) is 24.1 Å². The van der Waals surface area contributed by atoms with Crippen molar-refractivity contribution < 1.29 is 9.15 Å². The highest BCUT2D eigenvalue weighted by molar-refractivity contribution is 5.31. The minimum absolute atomic E-state index is 0.158. The van der Waals surface area contributed by atoms with E-state index in [0.29, 0.717) is 13.2 Å². The van der Waals surface area contributed by atoms with Crippen molar-refractivity contribution in [2.75, 3.05) is 20.2 Å². The highest BCUT2D eigenvalue weighted by atomic mass is 16.5. The lowest BCUT2D eigenvalue weighted by Gasteiger charge is -2.27. The fourth-order valence-corrected chi connectivity index (χ4v) is 2.33. The van der Waals surface area contributed by atoms with Crippen LogP contribution in [-0.2, 0) is 6.54 Å². The quantitative estimate of drug-likeness (QED) is 0.843. The molecule has 4 heteroatoms. The molecule has 1 aromatic carbocycles. The minimum Gasteiger partial charge on any atom is -0.494 e. The van der Waals surface area contributed by atoms with Crippen molar-refractivity contribution in [1.29, 1.82) is 0 Å². The third-order valence-electron chi connectivity index (χ3n) is 3.32. The zero-order chi connectivity index (χ0) is 14.4. The summed E-state index contributed by atoms with van der Waals surface area (Å²) in [5.41, 5.74) is 8.27. The van der Waals surface area contributed by atoms with Crippen molar-refractivity contribution >= 4 is 0 Å². The van der Waals surface area contributed by atoms with Gasteiger partial charge in [-0.3, -0.25) is 4.90 Å². The van der Waals surface area contributed by atoms with Crippen LogP contribution in [0.25, 0.3) is 0 Å². The third kappa shape index (κ3) is 3.62. The van der Waals surface area contributed by atoms with Gasteiger partial charge >= 0.3 is 0 Å². The Bertz CT molecular complexity index is 511. The van der Waals surface area contributed by atoms with Gasteiger partial charge in [0.2, 0.25) is 0 Å². The number of rotatable bonds is 7. The molecule has 0 bridgehead atoms. The van der Waals surface area contributed by atoms with E-state index in [-0.39, 0.29) is 6.04 Å². The molecule has 0 spiro atoms. The van der Waals surface area contributed by atoms with Gasteiger partial charge < -0.3 is 14.9 Å². The van der Waals surface area contributed by atoms with Gasteiger partial charge in [0.1, 0.15) is 5.75 Å². The zero-order valence-electron chi connectivity index (χ0n) is 12.1. The van der Waals surface area contributed by atoms with E-state index in [0.717, 1.165) is 17.9 Å². The normalized spacial score (nSPS) is 12.6. The smallest absolute Gasteiger partial charge is 0.119 e. The predicted molar refractivity (Wildman–Crippen MR) is 79.6 cm³/mol. The molecule has 2 rings (SSSR count). The fraction of sp³-hybridized carbons (Fsp3) is 0.375. The molecule has 0 saturated heterocycles. The highest BCUT2D eigenvalue weighted by Crippen LogP contribution is 2.24. The van der Waals surface area contributed by atoms with Crippen molar-refractivity contribution in [3.05, 3.63) is 54.0 Å². The average molecular weight is 274 g/mol. The molecule has 2 N–H and O–H groups in total. The van der Waals surface area contributed by atoms with Crippen LogP contribution in [0.3, 0.4) is 0 Å². The largest absolute Gasteiger partial charge is 0.494 e. The number of nitrogens with zero attached hydrogens (tertiary/aromatic N) is 1. The number of hydrogen-bond acceptors (Lipinski definition) is 4. The van der Waals surface area contributed by atoms with Crippen molar-refractivity contribution in [2.24, 2.45) is 5.73 Å². The summed E-state index contributed by atoms with van der Waals surface area (Å²) >= 11 is 0. The first-order valence-corrected chi connectivity index (χ1v) is 6.88. The van der Waals surface area contributed by atoms with Crippen molar-refractivity contribution in [3.63, 3.8) is 0 Å². The molecule has 108 valence electrons. The monoisotopic (exact) mass is 274 g/mol. The minimum atomic E-state index is 0.158. The number of likely N-dealkylation sites (N-methyl/N-ethyl adjacent to an activating group) is 1. The second-order valence-electron chi connectivity index (χ2n) is 4.80. The van der Waals surface area contributed by atoms with E-state index < -0.39 is 0 Å². The molecule has 0 saturated carbocycles. The average Bonchev–Trinajstić information content (AvgIpc) is 2.93. The number of benzene rings is 1. The summed E-state index contributed by atoms with van der Waals surface area (Å²) < 4.78 is 10.7. The van der Waals surface area contributed by atoms with Gasteiger partial charge in [0.25, 0.3) is 0 Å². The van der Waals surface area contributed by atoms with Gasteiger partial charge in [-0.05, 0) is 37.7 Å². The number of nitrogens with two attached hydrogens (primary N) is 1. The van der Waals surface area contributed by atoms with Gasteiger partial charge in [0.05, 0.1) is 19.1 Å². The molecule has 0 radical (unpaired) electrons. The van der Waals surface area contributed by atoms with E-state index in [1.165, 1.54) is 5.56 Å². The summed E-state index contributed by atoms with van der Waals surface area (Å²) in [6, 6.07) is 10.3. The summed E-state index contributed by atoms with van der Waals surface area (Å²) in [4.78, 5) is 2.22. The van der Waals surface area contributed by atoms with Crippen LogP contribution in [0.15, 0.2) is 47.3 Å². The maximum atomic E-state index is 5.95. The molecule has 1 atom stereocenters. The first-order chi connectivity index (χ1) is 9.74. The molecule has 0 aliphatic carbocycles. The molecule has 0 aliphatic rings. The first kappa shape index (κ1) is 14.6. The molecule has 1 unspecified atom stereocenters. The number of furan rings is 1. The molecule has 4 nitrogen and oxygen atoms in total. The van der Waals surface area contributed by atoms with Crippen LogP contribution in [0.4, 0.5) is 0 Å². The van der Waals surface area contributed by atoms with Crippen molar-refractivity contribution in [1.82, 2.24) is 4.90 Å². The lowest BCUT2D eigenvalue weighted by atomic mass is 10.0. The Balaban J connectivity index is 2.12. The van der Waals surface area contributed by atoms with Crippen LogP contribution >= 0.6 is 0 Å². The molecule has 1 aromatic heterocycles. The Kier molecular flexibility index (Phi) is 5.21. The fourth-order valence-electron chi connectivity index (χ4n) is 2.33. The lowest BCUT2D eigenvalue weighted by Crippen LogP contribution is -2.30. The van der Waals surface area contributed by atoms with Crippen LogP contribution in [0.2, 0.25) is 0 Å². The highest BCUT2D eigenvalue weighted by Gasteiger charge is 2.16. The SMILES string of the molecule is CCOc1cccc(C(CN)N(C)Cc2ccoc2)c1. The van der Waals surface area contributed by atoms with Crippen LogP contribution in [0.1, 0.15) is 24.1 Å². The van der Waals surface area contributed by atoms with E-state index in [9.17, 15) is 0 Å². The van der Waals surface area contributed by atoms with Gasteiger partial charge in [-0.2, -0.15) is 0 Å². The van der Waals surface area contributed by atoms with Crippen LogP contribution < -0.4 is 10.5 Å². The van der Waals surface area contributed by atoms with Gasteiger partial charge in [-0.15, -0.1) is 0 Å². The molecule has 0 aliphatic heterocycles. The van der Waals surface area contributed by atoms with Gasteiger partial charge in [-0.1, -0.05) is 12.1 Å². The molecular formula is C16H22N2O2. The van der Waals surface area contributed by atoms with Crippen LogP contribution in [0.5, 0.6) is 5.75 Å². The Morgan fingerprint density at radius 3 is 2.85 bits per heavy atom. The Hall–Kier alpha value is -1.78. The lowest BCUT2D eigenvalue weighted by molar-refractivity contribution is 0.240. The first-order valence-electron chi connectivity index (χ1n) is 6.88. The van der Waals surface area contributed by atoms with Crippen LogP contribution in [-0.4, -0.2) is 25.1 Å². The summed E-state index contributed by atoms with van der Waals surface area (Å²) in [6.45, 7) is 4.01. The summed E-state index contributed by atoms with van der Waals surface area (Å²) in [5.74, 6) is 0.889. The third-order valence-corrected chi connectivity index (χ3v) is 3.32. The Labute approximate surface area is 120 Å². The van der Waals surface area contributed by atoms with E-state index >= 15 is 0 Å². The number of hydrogen-bond donors (Lipinski definition) is 1. The van der Waals surface area contributed by atoms with Crippen molar-refractivity contribution in [2.45, 2.75) is 19.5 Å². The van der Waals surface area contributed by atoms with Gasteiger partial charge in [0.15, 0.2) is 0 Å². The second kappa shape index (κ2) is 7.12. The molecule has 0 fully saturated rings. The van der Waals surface area contributed by atoms with Gasteiger partial charge in [-0.25, -0.2) is 0 Å². The number of ether oxygens (including phenoxy) is 1. The maximum absolute atomic E-state index is 5.95. The van der Waals surface area contributed by atoms with Crippen LogP contribution in [0, 0.1) is 0 Å². The maximum Gasteiger partial charge on any atom is 0.119 e. The second-order valence-corrected chi connectivity index (χ2v) is 4.80.